The number of nitrogens with zero attached hydrogens (tertiary/aromatic N) is 3. The molecule has 7 heteroatoms. The summed E-state index contributed by atoms with van der Waals surface area (Å²) in [4.78, 5) is 35.5. The van der Waals surface area contributed by atoms with E-state index in [9.17, 15) is 9.59 Å². The molecule has 0 unspecified atom stereocenters. The average Bonchev–Trinajstić information content (AvgIpc) is 2.93. The number of carboxylic acid groups (broad SMARTS) is 1. The first kappa shape index (κ1) is 16.6. The van der Waals surface area contributed by atoms with Crippen LogP contribution in [0.25, 0.3) is 0 Å². The fourth-order valence-electron chi connectivity index (χ4n) is 3.12. The lowest BCUT2D eigenvalue weighted by Crippen LogP contribution is -2.33. The summed E-state index contributed by atoms with van der Waals surface area (Å²) in [6.45, 7) is 3.59. The van der Waals surface area contributed by atoms with Gasteiger partial charge in [-0.05, 0) is 45.2 Å². The Balaban J connectivity index is 1.88. The molecule has 1 amide bonds. The highest BCUT2D eigenvalue weighted by Gasteiger charge is 2.30. The van der Waals surface area contributed by atoms with E-state index in [0.717, 1.165) is 34.8 Å². The lowest BCUT2D eigenvalue weighted by atomic mass is 9.96. The third-order valence-electron chi connectivity index (χ3n) is 4.35. The fraction of sp³-hybridized carbons (Fsp3) is 0.412. The van der Waals surface area contributed by atoms with E-state index in [2.05, 4.69) is 9.97 Å². The smallest absolute Gasteiger partial charge is 0.337 e. The number of amides is 1. The molecule has 2 aromatic heterocycles. The van der Waals surface area contributed by atoms with Crippen molar-refractivity contribution in [1.29, 1.82) is 0 Å². The summed E-state index contributed by atoms with van der Waals surface area (Å²) >= 11 is 1.65. The molecule has 2 heterocycles. The van der Waals surface area contributed by atoms with E-state index >= 15 is 0 Å². The van der Waals surface area contributed by atoms with Crippen molar-refractivity contribution in [3.05, 3.63) is 44.7 Å². The molecule has 1 aliphatic carbocycles. The van der Waals surface area contributed by atoms with Crippen molar-refractivity contribution in [2.24, 2.45) is 0 Å². The van der Waals surface area contributed by atoms with Gasteiger partial charge in [0.25, 0.3) is 5.91 Å². The third kappa shape index (κ3) is 2.91. The molecular formula is C17H19N3O3S. The molecule has 0 saturated heterocycles. The second kappa shape index (κ2) is 6.32. The Kier molecular flexibility index (Phi) is 4.36. The maximum absolute atomic E-state index is 12.8. The second-order valence-electron chi connectivity index (χ2n) is 6.00. The monoisotopic (exact) mass is 345 g/mol. The van der Waals surface area contributed by atoms with Gasteiger partial charge in [-0.25, -0.2) is 14.8 Å². The molecule has 0 fully saturated rings. The van der Waals surface area contributed by atoms with E-state index in [0.29, 0.717) is 5.69 Å². The Morgan fingerprint density at radius 3 is 2.71 bits per heavy atom. The molecule has 0 spiro atoms. The zero-order chi connectivity index (χ0) is 17.4. The van der Waals surface area contributed by atoms with Gasteiger partial charge in [0.15, 0.2) is 0 Å². The van der Waals surface area contributed by atoms with Crippen LogP contribution in [0.15, 0.2) is 12.1 Å². The molecule has 6 nitrogen and oxygen atoms in total. The number of fused-ring (bicyclic) bond motifs is 1. The van der Waals surface area contributed by atoms with E-state index in [4.69, 9.17) is 5.11 Å². The summed E-state index contributed by atoms with van der Waals surface area (Å²) < 4.78 is 0. The Morgan fingerprint density at radius 1 is 1.29 bits per heavy atom. The zero-order valence-electron chi connectivity index (χ0n) is 13.9. The first-order valence-electron chi connectivity index (χ1n) is 7.82. The van der Waals surface area contributed by atoms with Crippen LogP contribution >= 0.6 is 11.3 Å². The lowest BCUT2D eigenvalue weighted by Gasteiger charge is -2.30. The number of aromatic carboxylic acids is 1. The molecule has 0 radical (unpaired) electrons. The number of hydrogen-bond donors (Lipinski definition) is 1. The highest BCUT2D eigenvalue weighted by atomic mass is 32.1. The molecule has 0 aromatic carbocycles. The van der Waals surface area contributed by atoms with Gasteiger partial charge in [0, 0.05) is 7.05 Å². The van der Waals surface area contributed by atoms with Crippen LogP contribution in [-0.4, -0.2) is 38.9 Å². The van der Waals surface area contributed by atoms with Crippen molar-refractivity contribution >= 4 is 23.2 Å². The van der Waals surface area contributed by atoms with E-state index in [1.54, 1.807) is 30.2 Å². The summed E-state index contributed by atoms with van der Waals surface area (Å²) in [6, 6.07) is 2.93. The third-order valence-corrected chi connectivity index (χ3v) is 5.47. The predicted molar refractivity (Wildman–Crippen MR) is 90.6 cm³/mol. The molecule has 24 heavy (non-hydrogen) atoms. The van der Waals surface area contributed by atoms with Crippen molar-refractivity contribution < 1.29 is 14.7 Å². The number of carboxylic acids is 1. The number of aryl methyl sites for hydroxylation is 3. The predicted octanol–water partition coefficient (Wildman–Crippen LogP) is 3.00. The summed E-state index contributed by atoms with van der Waals surface area (Å²) in [5, 5.41) is 10.1. The Morgan fingerprint density at radius 2 is 2.04 bits per heavy atom. The number of thiazole rings is 1. The number of pyridine rings is 1. The molecular weight excluding hydrogens is 326 g/mol. The maximum Gasteiger partial charge on any atom is 0.337 e. The summed E-state index contributed by atoms with van der Waals surface area (Å²) in [5.74, 6) is -1.23. The van der Waals surface area contributed by atoms with Crippen molar-refractivity contribution in [2.75, 3.05) is 7.05 Å². The van der Waals surface area contributed by atoms with Crippen LogP contribution in [0.2, 0.25) is 0 Å². The zero-order valence-corrected chi connectivity index (χ0v) is 14.7. The van der Waals surface area contributed by atoms with E-state index in [-0.39, 0.29) is 23.2 Å². The highest BCUT2D eigenvalue weighted by molar-refractivity contribution is 7.11. The number of hydrogen-bond acceptors (Lipinski definition) is 5. The second-order valence-corrected chi connectivity index (χ2v) is 7.24. The number of carbonyl (C=O) groups excluding carboxylic acids is 1. The van der Waals surface area contributed by atoms with Gasteiger partial charge in [-0.2, -0.15) is 0 Å². The molecule has 0 saturated carbocycles. The molecule has 0 bridgehead atoms. The van der Waals surface area contributed by atoms with Crippen molar-refractivity contribution in [3.63, 3.8) is 0 Å². The average molecular weight is 345 g/mol. The quantitative estimate of drug-likeness (QED) is 0.924. The minimum atomic E-state index is -1.04. The van der Waals surface area contributed by atoms with E-state index in [1.807, 2.05) is 6.92 Å². The first-order valence-corrected chi connectivity index (χ1v) is 8.64. The molecule has 1 N–H and O–H groups in total. The largest absolute Gasteiger partial charge is 0.478 e. The van der Waals surface area contributed by atoms with Crippen LogP contribution in [0.4, 0.5) is 0 Å². The van der Waals surface area contributed by atoms with Crippen molar-refractivity contribution in [2.45, 2.75) is 39.2 Å². The minimum absolute atomic E-state index is 0.00806. The molecule has 3 rings (SSSR count). The molecule has 1 atom stereocenters. The standard InChI is InChI=1S/C17H19N3O3S/c1-9-11(17(22)23)7-8-13(18-9)16(21)20(3)14-6-4-5-12-15(14)24-10(2)19-12/h7-8,14H,4-6H2,1-3H3,(H,22,23)/t14-/m0/s1. The van der Waals surface area contributed by atoms with Gasteiger partial charge in [-0.3, -0.25) is 4.79 Å². The Labute approximate surface area is 144 Å². The molecule has 0 aliphatic heterocycles. The van der Waals surface area contributed by atoms with Gasteiger partial charge in [-0.15, -0.1) is 11.3 Å². The van der Waals surface area contributed by atoms with Gasteiger partial charge >= 0.3 is 5.97 Å². The van der Waals surface area contributed by atoms with Crippen LogP contribution in [0.3, 0.4) is 0 Å². The molecule has 2 aromatic rings. The van der Waals surface area contributed by atoms with Crippen LogP contribution in [0, 0.1) is 13.8 Å². The SMILES string of the molecule is Cc1nc2c(s1)[C@@H](N(C)C(=O)c1ccc(C(=O)O)c(C)n1)CCC2. The van der Waals surface area contributed by atoms with Gasteiger partial charge in [0.1, 0.15) is 5.69 Å². The summed E-state index contributed by atoms with van der Waals surface area (Å²) in [7, 11) is 1.78. The Hall–Kier alpha value is -2.28. The topological polar surface area (TPSA) is 83.4 Å². The van der Waals surface area contributed by atoms with Gasteiger partial charge in [0.05, 0.1) is 32.9 Å². The number of carbonyl (C=O) groups is 2. The lowest BCUT2D eigenvalue weighted by molar-refractivity contribution is 0.0686. The molecule has 126 valence electrons. The fourth-order valence-corrected chi connectivity index (χ4v) is 4.27. The van der Waals surface area contributed by atoms with Gasteiger partial charge in [0.2, 0.25) is 0 Å². The van der Waals surface area contributed by atoms with Gasteiger partial charge in [-0.1, -0.05) is 0 Å². The molecule has 1 aliphatic rings. The van der Waals surface area contributed by atoms with Gasteiger partial charge < -0.3 is 10.0 Å². The Bertz CT molecular complexity index is 815. The summed E-state index contributed by atoms with van der Waals surface area (Å²) in [6.07, 6.45) is 2.87. The van der Waals surface area contributed by atoms with Crippen molar-refractivity contribution in [1.82, 2.24) is 14.9 Å². The van der Waals surface area contributed by atoms with Crippen molar-refractivity contribution in [3.8, 4) is 0 Å². The minimum Gasteiger partial charge on any atom is -0.478 e. The summed E-state index contributed by atoms with van der Waals surface area (Å²) in [5.41, 5.74) is 1.83. The van der Waals surface area contributed by atoms with Crippen LogP contribution in [0.1, 0.15) is 61.0 Å². The highest BCUT2D eigenvalue weighted by Crippen LogP contribution is 2.37. The van der Waals surface area contributed by atoms with Crippen LogP contribution in [-0.2, 0) is 6.42 Å². The van der Waals surface area contributed by atoms with E-state index < -0.39 is 5.97 Å². The number of rotatable bonds is 3. The van der Waals surface area contributed by atoms with Crippen LogP contribution in [0.5, 0.6) is 0 Å². The normalized spacial score (nSPS) is 16.5. The van der Waals surface area contributed by atoms with E-state index in [1.165, 1.54) is 12.1 Å². The van der Waals surface area contributed by atoms with Crippen LogP contribution < -0.4 is 0 Å². The number of aromatic nitrogens is 2. The maximum atomic E-state index is 12.8. The first-order chi connectivity index (χ1) is 11.4.